The predicted molar refractivity (Wildman–Crippen MR) is 79.0 cm³/mol. The van der Waals surface area contributed by atoms with Gasteiger partial charge in [0, 0.05) is 44.6 Å². The first-order valence-electron chi connectivity index (χ1n) is 7.12. The zero-order chi connectivity index (χ0) is 14.6. The lowest BCUT2D eigenvalue weighted by atomic mass is 10.3. The molecule has 2 N–H and O–H groups in total. The van der Waals surface area contributed by atoms with E-state index in [4.69, 9.17) is 0 Å². The number of aromatic nitrogens is 1. The van der Waals surface area contributed by atoms with E-state index in [1.807, 2.05) is 7.05 Å². The van der Waals surface area contributed by atoms with Gasteiger partial charge in [0.15, 0.2) is 0 Å². The summed E-state index contributed by atoms with van der Waals surface area (Å²) in [5, 5.41) is 3.00. The highest BCUT2D eigenvalue weighted by atomic mass is 32.2. The highest BCUT2D eigenvalue weighted by Gasteiger charge is 2.28. The third-order valence-electron chi connectivity index (χ3n) is 3.59. The van der Waals surface area contributed by atoms with Gasteiger partial charge in [0.1, 0.15) is 0 Å². The van der Waals surface area contributed by atoms with Gasteiger partial charge in [-0.2, -0.15) is 4.31 Å². The van der Waals surface area contributed by atoms with Crippen LogP contribution in [0.3, 0.4) is 0 Å². The number of nitrogens with zero attached hydrogens (tertiary/aromatic N) is 2. The fourth-order valence-electron chi connectivity index (χ4n) is 2.52. The second-order valence-electron chi connectivity index (χ2n) is 5.14. The van der Waals surface area contributed by atoms with Gasteiger partial charge in [0.25, 0.3) is 0 Å². The van der Waals surface area contributed by atoms with Crippen LogP contribution in [0.15, 0.2) is 17.2 Å². The summed E-state index contributed by atoms with van der Waals surface area (Å²) in [4.78, 5) is 5.68. The van der Waals surface area contributed by atoms with Gasteiger partial charge in [-0.3, -0.25) is 0 Å². The maximum atomic E-state index is 12.5. The first-order chi connectivity index (χ1) is 9.57. The van der Waals surface area contributed by atoms with Crippen molar-refractivity contribution in [2.24, 2.45) is 0 Å². The molecule has 0 aliphatic carbocycles. The topological polar surface area (TPSA) is 68.4 Å². The van der Waals surface area contributed by atoms with Crippen molar-refractivity contribution in [1.82, 2.24) is 19.5 Å². The van der Waals surface area contributed by atoms with E-state index in [-0.39, 0.29) is 0 Å². The molecule has 0 aromatic carbocycles. The molecule has 0 radical (unpaired) electrons. The van der Waals surface area contributed by atoms with E-state index in [0.717, 1.165) is 31.7 Å². The van der Waals surface area contributed by atoms with Gasteiger partial charge in [-0.15, -0.1) is 0 Å². The number of nitrogens with one attached hydrogen (secondary N) is 2. The maximum Gasteiger partial charge on any atom is 0.244 e. The van der Waals surface area contributed by atoms with Crippen molar-refractivity contribution in [3.8, 4) is 0 Å². The maximum absolute atomic E-state index is 12.5. The van der Waals surface area contributed by atoms with Crippen molar-refractivity contribution in [3.63, 3.8) is 0 Å². The standard InChI is InChI=1S/C13H24N4O2S/c1-3-4-16-5-7-17(8-6-16)20(18,19)13-9-12(10-14-2)15-11-13/h9,11,14-15H,3-8,10H2,1-2H3. The first kappa shape index (κ1) is 15.5. The van der Waals surface area contributed by atoms with Crippen molar-refractivity contribution in [3.05, 3.63) is 18.0 Å². The molecule has 1 saturated heterocycles. The third kappa shape index (κ3) is 3.41. The summed E-state index contributed by atoms with van der Waals surface area (Å²) in [5.74, 6) is 0. The number of hydrogen-bond acceptors (Lipinski definition) is 4. The number of piperazine rings is 1. The van der Waals surface area contributed by atoms with E-state index in [1.165, 1.54) is 0 Å². The largest absolute Gasteiger partial charge is 0.363 e. The van der Waals surface area contributed by atoms with Crippen LogP contribution in [0.4, 0.5) is 0 Å². The molecule has 1 fully saturated rings. The minimum atomic E-state index is -3.35. The minimum absolute atomic E-state index is 0.367. The summed E-state index contributed by atoms with van der Waals surface area (Å²) >= 11 is 0. The van der Waals surface area contributed by atoms with Gasteiger partial charge in [0.2, 0.25) is 10.0 Å². The molecule has 0 unspecified atom stereocenters. The fraction of sp³-hybridized carbons (Fsp3) is 0.692. The molecule has 1 aliphatic heterocycles. The van der Waals surface area contributed by atoms with Crippen LogP contribution in [-0.4, -0.2) is 62.4 Å². The molecule has 2 heterocycles. The Labute approximate surface area is 121 Å². The molecule has 0 bridgehead atoms. The number of hydrogen-bond donors (Lipinski definition) is 2. The van der Waals surface area contributed by atoms with Crippen LogP contribution in [0, 0.1) is 0 Å². The number of aromatic amines is 1. The Hall–Kier alpha value is -0.890. The van der Waals surface area contributed by atoms with Gasteiger partial charge in [-0.1, -0.05) is 6.92 Å². The molecule has 0 atom stereocenters. The highest BCUT2D eigenvalue weighted by molar-refractivity contribution is 7.89. The summed E-state index contributed by atoms with van der Waals surface area (Å²) in [5.41, 5.74) is 0.885. The minimum Gasteiger partial charge on any atom is -0.363 e. The Balaban J connectivity index is 2.03. The van der Waals surface area contributed by atoms with Crippen molar-refractivity contribution >= 4 is 10.0 Å². The van der Waals surface area contributed by atoms with Gasteiger partial charge >= 0.3 is 0 Å². The first-order valence-corrected chi connectivity index (χ1v) is 8.56. The zero-order valence-electron chi connectivity index (χ0n) is 12.2. The smallest absolute Gasteiger partial charge is 0.244 e. The summed E-state index contributed by atoms with van der Waals surface area (Å²) in [6.07, 6.45) is 2.69. The lowest BCUT2D eigenvalue weighted by Crippen LogP contribution is -2.48. The number of sulfonamides is 1. The predicted octanol–water partition coefficient (Wildman–Crippen LogP) is 0.450. The molecule has 0 saturated carbocycles. The Kier molecular flexibility index (Phi) is 5.20. The molecule has 1 aromatic rings. The van der Waals surface area contributed by atoms with Crippen LogP contribution in [0.25, 0.3) is 0 Å². The van der Waals surface area contributed by atoms with Crippen LogP contribution in [0.2, 0.25) is 0 Å². The molecule has 20 heavy (non-hydrogen) atoms. The lowest BCUT2D eigenvalue weighted by molar-refractivity contribution is 0.188. The SMILES string of the molecule is CCCN1CCN(S(=O)(=O)c2c[nH]c(CNC)c2)CC1. The van der Waals surface area contributed by atoms with Crippen molar-refractivity contribution < 1.29 is 8.42 Å². The van der Waals surface area contributed by atoms with E-state index >= 15 is 0 Å². The second-order valence-corrected chi connectivity index (χ2v) is 7.07. The summed E-state index contributed by atoms with van der Waals surface area (Å²) < 4.78 is 26.7. The molecule has 7 heteroatoms. The van der Waals surface area contributed by atoms with Gasteiger partial charge in [-0.05, 0) is 26.1 Å². The van der Waals surface area contributed by atoms with E-state index < -0.39 is 10.0 Å². The fourth-order valence-corrected chi connectivity index (χ4v) is 3.96. The summed E-state index contributed by atoms with van der Waals surface area (Å²) in [6.45, 7) is 6.63. The molecule has 1 aromatic heterocycles. The Morgan fingerprint density at radius 3 is 2.60 bits per heavy atom. The number of H-pyrrole nitrogens is 1. The average molecular weight is 300 g/mol. The average Bonchev–Trinajstić information content (AvgIpc) is 2.90. The molecule has 0 amide bonds. The number of rotatable bonds is 6. The Morgan fingerprint density at radius 2 is 2.00 bits per heavy atom. The molecule has 2 rings (SSSR count). The normalized spacial score (nSPS) is 18.5. The quantitative estimate of drug-likeness (QED) is 0.800. The van der Waals surface area contributed by atoms with E-state index in [2.05, 4.69) is 22.1 Å². The lowest BCUT2D eigenvalue weighted by Gasteiger charge is -2.33. The van der Waals surface area contributed by atoms with Crippen molar-refractivity contribution in [2.75, 3.05) is 39.8 Å². The molecular weight excluding hydrogens is 276 g/mol. The molecule has 1 aliphatic rings. The zero-order valence-corrected chi connectivity index (χ0v) is 13.0. The van der Waals surface area contributed by atoms with E-state index in [1.54, 1.807) is 16.6 Å². The summed E-state index contributed by atoms with van der Waals surface area (Å²) in [6, 6.07) is 1.71. The second kappa shape index (κ2) is 6.71. The van der Waals surface area contributed by atoms with Crippen LogP contribution in [0.5, 0.6) is 0 Å². The molecular formula is C13H24N4O2S. The van der Waals surface area contributed by atoms with Crippen LogP contribution in [0.1, 0.15) is 19.0 Å². The third-order valence-corrected chi connectivity index (χ3v) is 5.47. The van der Waals surface area contributed by atoms with Crippen LogP contribution >= 0.6 is 0 Å². The van der Waals surface area contributed by atoms with Crippen LogP contribution < -0.4 is 5.32 Å². The molecule has 6 nitrogen and oxygen atoms in total. The van der Waals surface area contributed by atoms with Gasteiger partial charge < -0.3 is 15.2 Å². The van der Waals surface area contributed by atoms with Crippen molar-refractivity contribution in [1.29, 1.82) is 0 Å². The van der Waals surface area contributed by atoms with Crippen LogP contribution in [-0.2, 0) is 16.6 Å². The van der Waals surface area contributed by atoms with E-state index in [0.29, 0.717) is 24.5 Å². The van der Waals surface area contributed by atoms with Gasteiger partial charge in [0.05, 0.1) is 4.90 Å². The van der Waals surface area contributed by atoms with E-state index in [9.17, 15) is 8.42 Å². The highest BCUT2D eigenvalue weighted by Crippen LogP contribution is 2.18. The monoisotopic (exact) mass is 300 g/mol. The molecule has 0 spiro atoms. The summed E-state index contributed by atoms with van der Waals surface area (Å²) in [7, 11) is -1.51. The Bertz CT molecular complexity index is 518. The molecule has 114 valence electrons. The van der Waals surface area contributed by atoms with Gasteiger partial charge in [-0.25, -0.2) is 8.42 Å². The van der Waals surface area contributed by atoms with Crippen molar-refractivity contribution in [2.45, 2.75) is 24.8 Å². The Morgan fingerprint density at radius 1 is 1.30 bits per heavy atom.